The number of aliphatic carboxylic acids is 1. The molecule has 7 nitrogen and oxygen atoms in total. The summed E-state index contributed by atoms with van der Waals surface area (Å²) in [4.78, 5) is 11.0. The van der Waals surface area contributed by atoms with Crippen LogP contribution in [0.5, 0.6) is 0 Å². The lowest BCUT2D eigenvalue weighted by atomic mass is 10.0. The summed E-state index contributed by atoms with van der Waals surface area (Å²) in [5, 5.41) is 48.4. The number of hydrogen-bond donors (Lipinski definition) is 6. The minimum Gasteiger partial charge on any atom is -0.480 e. The van der Waals surface area contributed by atoms with Crippen molar-refractivity contribution in [3.63, 3.8) is 0 Å². The Morgan fingerprint density at radius 3 is 2.33 bits per heavy atom. The predicted octanol–water partition coefficient (Wildman–Crippen LogP) is -2.04. The fourth-order valence-corrected chi connectivity index (χ4v) is 3.31. The molecule has 0 aromatic rings. The summed E-state index contributed by atoms with van der Waals surface area (Å²) in [6, 6.07) is -0.861. The lowest BCUT2D eigenvalue weighted by Crippen LogP contribution is -2.51. The second-order valence-corrected chi connectivity index (χ2v) is 6.61. The molecule has 0 spiro atoms. The summed E-state index contributed by atoms with van der Waals surface area (Å²) in [5.74, 6) is -1.04. The van der Waals surface area contributed by atoms with Gasteiger partial charge in [-0.1, -0.05) is 0 Å². The Kier molecular flexibility index (Phi) is 4.98. The molecule has 0 aromatic heterocycles. The van der Waals surface area contributed by atoms with Crippen LogP contribution in [0.15, 0.2) is 0 Å². The van der Waals surface area contributed by atoms with Crippen molar-refractivity contribution in [2.75, 3.05) is 6.61 Å². The van der Waals surface area contributed by atoms with E-state index in [2.05, 4.69) is 5.32 Å². The monoisotopic (exact) mass is 281 g/mol. The molecule has 106 valence electrons. The van der Waals surface area contributed by atoms with Gasteiger partial charge in [-0.2, -0.15) is 0 Å². The topological polar surface area (TPSA) is 130 Å². The third kappa shape index (κ3) is 3.14. The van der Waals surface area contributed by atoms with Gasteiger partial charge in [0, 0.05) is 4.75 Å². The highest BCUT2D eigenvalue weighted by atomic mass is 32.2. The quantitative estimate of drug-likeness (QED) is 0.340. The second kappa shape index (κ2) is 5.72. The highest BCUT2D eigenvalue weighted by Crippen LogP contribution is 2.39. The zero-order chi connectivity index (χ0) is 14.1. The zero-order valence-corrected chi connectivity index (χ0v) is 11.0. The van der Waals surface area contributed by atoms with Crippen LogP contribution in [-0.4, -0.2) is 72.6 Å². The zero-order valence-electron chi connectivity index (χ0n) is 10.1. The number of nitrogens with one attached hydrogen (secondary N) is 1. The van der Waals surface area contributed by atoms with Crippen LogP contribution in [0.25, 0.3) is 0 Å². The normalized spacial score (nSPS) is 31.9. The summed E-state index contributed by atoms with van der Waals surface area (Å²) in [6.45, 7) is 2.75. The molecule has 1 saturated heterocycles. The van der Waals surface area contributed by atoms with Gasteiger partial charge < -0.3 is 25.5 Å². The minimum absolute atomic E-state index is 0.651. The van der Waals surface area contributed by atoms with Gasteiger partial charge in [0.15, 0.2) is 0 Å². The standard InChI is InChI=1S/C10H19NO6S/c1-10(2)7(9(16)17)11-8(18-10)6(15)5(14)4(13)3-12/h4-8,11-15H,3H2,1-2H3,(H,16,17)/t4-,5+,6-,7+,8?/m1/s1. The third-order valence-electron chi connectivity index (χ3n) is 2.95. The van der Waals surface area contributed by atoms with Crippen LogP contribution in [-0.2, 0) is 4.79 Å². The van der Waals surface area contributed by atoms with Gasteiger partial charge in [-0.05, 0) is 13.8 Å². The highest BCUT2D eigenvalue weighted by Gasteiger charge is 2.48. The van der Waals surface area contributed by atoms with E-state index in [-0.39, 0.29) is 0 Å². The van der Waals surface area contributed by atoms with Crippen LogP contribution in [0, 0.1) is 0 Å². The third-order valence-corrected chi connectivity index (χ3v) is 4.46. The van der Waals surface area contributed by atoms with E-state index < -0.39 is 47.1 Å². The van der Waals surface area contributed by atoms with Crippen molar-refractivity contribution in [1.29, 1.82) is 0 Å². The van der Waals surface area contributed by atoms with Gasteiger partial charge in [0.2, 0.25) is 0 Å². The summed E-state index contributed by atoms with van der Waals surface area (Å²) < 4.78 is -0.651. The summed E-state index contributed by atoms with van der Waals surface area (Å²) in [6.07, 6.45) is -4.38. The van der Waals surface area contributed by atoms with Gasteiger partial charge in [0.05, 0.1) is 12.0 Å². The van der Waals surface area contributed by atoms with Gasteiger partial charge in [-0.25, -0.2) is 0 Å². The van der Waals surface area contributed by atoms with Crippen molar-refractivity contribution in [3.8, 4) is 0 Å². The van der Waals surface area contributed by atoms with Crippen LogP contribution in [0.4, 0.5) is 0 Å². The van der Waals surface area contributed by atoms with Crippen molar-refractivity contribution in [3.05, 3.63) is 0 Å². The molecule has 6 N–H and O–H groups in total. The van der Waals surface area contributed by atoms with E-state index in [0.717, 1.165) is 0 Å². The van der Waals surface area contributed by atoms with E-state index >= 15 is 0 Å². The molecule has 0 radical (unpaired) electrons. The Balaban J connectivity index is 2.73. The SMILES string of the molecule is CC1(C)SC([C@H](O)[C@@H](O)[C@H](O)CO)N[C@H]1C(=O)O. The first-order chi connectivity index (χ1) is 8.20. The number of rotatable bonds is 5. The first-order valence-corrected chi connectivity index (χ1v) is 6.40. The molecule has 1 fully saturated rings. The molecule has 8 heteroatoms. The molecule has 5 atom stereocenters. The first-order valence-electron chi connectivity index (χ1n) is 5.52. The number of aliphatic hydroxyl groups excluding tert-OH is 4. The molecule has 1 aliphatic rings. The van der Waals surface area contributed by atoms with Gasteiger partial charge in [-0.15, -0.1) is 11.8 Å². The molecule has 0 saturated carbocycles. The van der Waals surface area contributed by atoms with Crippen LogP contribution < -0.4 is 5.32 Å². The largest absolute Gasteiger partial charge is 0.480 e. The van der Waals surface area contributed by atoms with E-state index in [1.54, 1.807) is 13.8 Å². The van der Waals surface area contributed by atoms with Gasteiger partial charge >= 0.3 is 5.97 Å². The highest BCUT2D eigenvalue weighted by molar-refractivity contribution is 8.01. The molecule has 0 aliphatic carbocycles. The van der Waals surface area contributed by atoms with Gasteiger partial charge in [0.25, 0.3) is 0 Å². The number of carboxylic acid groups (broad SMARTS) is 1. The number of thioether (sulfide) groups is 1. The smallest absolute Gasteiger partial charge is 0.322 e. The van der Waals surface area contributed by atoms with Crippen LogP contribution in [0.3, 0.4) is 0 Å². The number of aliphatic hydroxyl groups is 4. The summed E-state index contributed by atoms with van der Waals surface area (Å²) in [5.41, 5.74) is 0. The fraction of sp³-hybridized carbons (Fsp3) is 0.900. The Labute approximate surface area is 109 Å². The van der Waals surface area contributed by atoms with E-state index in [1.165, 1.54) is 11.8 Å². The van der Waals surface area contributed by atoms with E-state index in [4.69, 9.17) is 10.2 Å². The lowest BCUT2D eigenvalue weighted by Gasteiger charge is -2.26. The maximum absolute atomic E-state index is 11.0. The predicted molar refractivity (Wildman–Crippen MR) is 65.1 cm³/mol. The number of carbonyl (C=O) groups is 1. The van der Waals surface area contributed by atoms with E-state index in [0.29, 0.717) is 0 Å². The summed E-state index contributed by atoms with van der Waals surface area (Å²) in [7, 11) is 0. The Morgan fingerprint density at radius 2 is 1.94 bits per heavy atom. The maximum atomic E-state index is 11.0. The van der Waals surface area contributed by atoms with Crippen LogP contribution in [0.2, 0.25) is 0 Å². The van der Waals surface area contributed by atoms with Gasteiger partial charge in [-0.3, -0.25) is 10.1 Å². The lowest BCUT2D eigenvalue weighted by molar-refractivity contribution is -0.140. The molecule has 1 rings (SSSR count). The molecule has 1 unspecified atom stereocenters. The molecule has 0 aromatic carbocycles. The first kappa shape index (κ1) is 15.7. The van der Waals surface area contributed by atoms with Crippen molar-refractivity contribution >= 4 is 17.7 Å². The molecule has 0 bridgehead atoms. The average Bonchev–Trinajstić information content (AvgIpc) is 2.62. The molecule has 1 heterocycles. The van der Waals surface area contributed by atoms with E-state index in [1.807, 2.05) is 0 Å². The molecule has 0 amide bonds. The summed E-state index contributed by atoms with van der Waals surface area (Å²) >= 11 is 1.17. The second-order valence-electron chi connectivity index (χ2n) is 4.81. The molecule has 18 heavy (non-hydrogen) atoms. The number of hydrogen-bond acceptors (Lipinski definition) is 7. The number of carboxylic acids is 1. The van der Waals surface area contributed by atoms with Crippen LogP contribution in [0.1, 0.15) is 13.8 Å². The molecular weight excluding hydrogens is 262 g/mol. The Bertz CT molecular complexity index is 313. The van der Waals surface area contributed by atoms with Gasteiger partial charge in [0.1, 0.15) is 24.4 Å². The van der Waals surface area contributed by atoms with Crippen molar-refractivity contribution in [2.24, 2.45) is 0 Å². The molecule has 1 aliphatic heterocycles. The fourth-order valence-electron chi connectivity index (χ4n) is 1.85. The van der Waals surface area contributed by atoms with E-state index in [9.17, 15) is 20.1 Å². The van der Waals surface area contributed by atoms with Crippen molar-refractivity contribution in [2.45, 2.75) is 48.3 Å². The minimum atomic E-state index is -1.54. The average molecular weight is 281 g/mol. The van der Waals surface area contributed by atoms with Crippen molar-refractivity contribution in [1.82, 2.24) is 5.32 Å². The Morgan fingerprint density at radius 1 is 1.39 bits per heavy atom. The van der Waals surface area contributed by atoms with Crippen LogP contribution >= 0.6 is 11.8 Å². The molecular formula is C10H19NO6S. The Hall–Kier alpha value is -0.380. The maximum Gasteiger partial charge on any atom is 0.322 e. The van der Waals surface area contributed by atoms with Crippen molar-refractivity contribution < 1.29 is 30.3 Å².